The molecule has 1 fully saturated rings. The highest BCUT2D eigenvalue weighted by molar-refractivity contribution is 6.47. The molecule has 2 aliphatic rings. The van der Waals surface area contributed by atoms with Crippen LogP contribution in [-0.4, -0.2) is 46.0 Å². The maximum absolute atomic E-state index is 12.2. The molecule has 0 saturated carbocycles. The Balaban J connectivity index is 1.62. The van der Waals surface area contributed by atoms with E-state index in [0.717, 1.165) is 29.9 Å². The summed E-state index contributed by atoms with van der Waals surface area (Å²) in [6.45, 7) is 2.66. The molecule has 4 rings (SSSR count). The standard InChI is InChI=1S/C18H22N6O/c1-23-17-13(16(22-23)21-18(25)14-7-6-10-19-14)8-9-15(20-17)24-11-4-2-3-5-12-24/h6-9H,2-5,10-12H2,1H3,(H,21,22,25). The lowest BCUT2D eigenvalue weighted by atomic mass is 10.2. The summed E-state index contributed by atoms with van der Waals surface area (Å²) in [5.41, 5.74) is 1.22. The van der Waals surface area contributed by atoms with Gasteiger partial charge in [-0.1, -0.05) is 18.9 Å². The fourth-order valence-electron chi connectivity index (χ4n) is 3.38. The van der Waals surface area contributed by atoms with Gasteiger partial charge in [0.05, 0.1) is 11.9 Å². The summed E-state index contributed by atoms with van der Waals surface area (Å²) in [4.78, 5) is 23.5. The Morgan fingerprint density at radius 3 is 2.68 bits per heavy atom. The molecule has 0 aromatic carbocycles. The lowest BCUT2D eigenvalue weighted by molar-refractivity contribution is -0.110. The average molecular weight is 338 g/mol. The number of aromatic nitrogens is 3. The summed E-state index contributed by atoms with van der Waals surface area (Å²) >= 11 is 0. The Morgan fingerprint density at radius 2 is 1.96 bits per heavy atom. The Labute approximate surface area is 146 Å². The summed E-state index contributed by atoms with van der Waals surface area (Å²) in [5, 5.41) is 8.13. The van der Waals surface area contributed by atoms with E-state index >= 15 is 0 Å². The van der Waals surface area contributed by atoms with Crippen molar-refractivity contribution in [1.82, 2.24) is 14.8 Å². The van der Waals surface area contributed by atoms with E-state index in [0.29, 0.717) is 18.1 Å². The quantitative estimate of drug-likeness (QED) is 0.932. The van der Waals surface area contributed by atoms with Crippen molar-refractivity contribution >= 4 is 34.3 Å². The smallest absolute Gasteiger partial charge is 0.275 e. The highest BCUT2D eigenvalue weighted by Crippen LogP contribution is 2.25. The number of aliphatic imine (C=N–C) groups is 1. The van der Waals surface area contributed by atoms with Gasteiger partial charge in [0.15, 0.2) is 11.5 Å². The number of nitrogens with zero attached hydrogens (tertiary/aromatic N) is 5. The van der Waals surface area contributed by atoms with E-state index in [9.17, 15) is 4.79 Å². The van der Waals surface area contributed by atoms with Gasteiger partial charge in [0.2, 0.25) is 0 Å². The monoisotopic (exact) mass is 338 g/mol. The van der Waals surface area contributed by atoms with Crippen LogP contribution in [0.2, 0.25) is 0 Å². The van der Waals surface area contributed by atoms with Gasteiger partial charge >= 0.3 is 0 Å². The molecule has 0 atom stereocenters. The molecular weight excluding hydrogens is 316 g/mol. The largest absolute Gasteiger partial charge is 0.357 e. The highest BCUT2D eigenvalue weighted by atomic mass is 16.2. The average Bonchev–Trinajstić information content (AvgIpc) is 3.16. The molecule has 2 aromatic rings. The summed E-state index contributed by atoms with van der Waals surface area (Å²) in [6, 6.07) is 4.02. The van der Waals surface area contributed by atoms with Crippen LogP contribution >= 0.6 is 0 Å². The third kappa shape index (κ3) is 3.14. The second kappa shape index (κ2) is 6.66. The molecule has 25 heavy (non-hydrogen) atoms. The van der Waals surface area contributed by atoms with Crippen LogP contribution in [0, 0.1) is 0 Å². The number of fused-ring (bicyclic) bond motifs is 1. The summed E-state index contributed by atoms with van der Waals surface area (Å²) in [7, 11) is 1.85. The van der Waals surface area contributed by atoms with Gasteiger partial charge in [0.25, 0.3) is 5.91 Å². The second-order valence-corrected chi connectivity index (χ2v) is 6.50. The summed E-state index contributed by atoms with van der Waals surface area (Å²) in [6.07, 6.45) is 8.60. The van der Waals surface area contributed by atoms with Crippen LogP contribution in [0.3, 0.4) is 0 Å². The summed E-state index contributed by atoms with van der Waals surface area (Å²) < 4.78 is 1.72. The highest BCUT2D eigenvalue weighted by Gasteiger charge is 2.18. The lowest BCUT2D eigenvalue weighted by Gasteiger charge is -2.21. The number of hydrogen-bond acceptors (Lipinski definition) is 5. The zero-order valence-corrected chi connectivity index (χ0v) is 14.4. The van der Waals surface area contributed by atoms with Crippen LogP contribution in [0.4, 0.5) is 11.6 Å². The normalized spacial score (nSPS) is 17.6. The van der Waals surface area contributed by atoms with Crippen LogP contribution in [0.5, 0.6) is 0 Å². The fourth-order valence-corrected chi connectivity index (χ4v) is 3.38. The number of aryl methyl sites for hydroxylation is 1. The first-order chi connectivity index (χ1) is 12.2. The van der Waals surface area contributed by atoms with E-state index in [1.165, 1.54) is 25.7 Å². The van der Waals surface area contributed by atoms with Crippen molar-refractivity contribution < 1.29 is 4.79 Å². The maximum atomic E-state index is 12.2. The Hall–Kier alpha value is -2.70. The molecule has 130 valence electrons. The first kappa shape index (κ1) is 15.8. The van der Waals surface area contributed by atoms with Crippen molar-refractivity contribution in [3.8, 4) is 0 Å². The predicted octanol–water partition coefficient (Wildman–Crippen LogP) is 2.30. The number of hydrogen-bond donors (Lipinski definition) is 1. The van der Waals surface area contributed by atoms with Crippen LogP contribution in [0.1, 0.15) is 25.7 Å². The van der Waals surface area contributed by atoms with Crippen LogP contribution < -0.4 is 10.2 Å². The van der Waals surface area contributed by atoms with Gasteiger partial charge in [-0.05, 0) is 31.1 Å². The molecule has 1 amide bonds. The zero-order valence-electron chi connectivity index (χ0n) is 14.4. The van der Waals surface area contributed by atoms with Crippen LogP contribution in [0.15, 0.2) is 29.3 Å². The zero-order chi connectivity index (χ0) is 17.2. The van der Waals surface area contributed by atoms with Crippen LogP contribution in [-0.2, 0) is 11.8 Å². The molecule has 7 heteroatoms. The van der Waals surface area contributed by atoms with E-state index in [1.54, 1.807) is 10.8 Å². The minimum absolute atomic E-state index is 0.231. The first-order valence-electron chi connectivity index (χ1n) is 8.83. The van der Waals surface area contributed by atoms with Gasteiger partial charge < -0.3 is 10.2 Å². The Bertz CT molecular complexity index is 858. The maximum Gasteiger partial charge on any atom is 0.275 e. The number of carbonyl (C=O) groups excluding carboxylic acids is 1. The number of rotatable bonds is 3. The van der Waals surface area contributed by atoms with Gasteiger partial charge in [-0.25, -0.2) is 9.67 Å². The molecule has 0 aliphatic carbocycles. The SMILES string of the molecule is Cn1nc(NC(=O)C2=NCC=C2)c2ccc(N3CCCCCC3)nc21. The molecule has 4 heterocycles. The molecule has 2 aliphatic heterocycles. The molecule has 1 N–H and O–H groups in total. The number of pyridine rings is 1. The third-order valence-electron chi connectivity index (χ3n) is 4.71. The fraction of sp³-hybridized carbons (Fsp3) is 0.444. The topological polar surface area (TPSA) is 75.4 Å². The number of carbonyl (C=O) groups is 1. The molecule has 0 spiro atoms. The molecule has 7 nitrogen and oxygen atoms in total. The lowest BCUT2D eigenvalue weighted by Crippen LogP contribution is -2.24. The van der Waals surface area contributed by atoms with E-state index < -0.39 is 0 Å². The molecule has 0 bridgehead atoms. The second-order valence-electron chi connectivity index (χ2n) is 6.50. The molecular formula is C18H22N6O. The minimum atomic E-state index is -0.231. The number of amides is 1. The van der Waals surface area contributed by atoms with Gasteiger partial charge in [-0.3, -0.25) is 9.79 Å². The summed E-state index contributed by atoms with van der Waals surface area (Å²) in [5.74, 6) is 1.28. The third-order valence-corrected chi connectivity index (χ3v) is 4.71. The van der Waals surface area contributed by atoms with Gasteiger partial charge in [-0.15, -0.1) is 0 Å². The molecule has 1 saturated heterocycles. The van der Waals surface area contributed by atoms with Gasteiger partial charge in [0, 0.05) is 20.1 Å². The molecule has 0 radical (unpaired) electrons. The Morgan fingerprint density at radius 1 is 1.16 bits per heavy atom. The Kier molecular flexibility index (Phi) is 4.21. The predicted molar refractivity (Wildman–Crippen MR) is 99.3 cm³/mol. The van der Waals surface area contributed by atoms with E-state index in [-0.39, 0.29) is 5.91 Å². The van der Waals surface area contributed by atoms with E-state index in [2.05, 4.69) is 20.3 Å². The minimum Gasteiger partial charge on any atom is -0.357 e. The van der Waals surface area contributed by atoms with Crippen molar-refractivity contribution in [1.29, 1.82) is 0 Å². The van der Waals surface area contributed by atoms with E-state index in [4.69, 9.17) is 4.98 Å². The molecule has 2 aromatic heterocycles. The van der Waals surface area contributed by atoms with Crippen molar-refractivity contribution in [2.45, 2.75) is 25.7 Å². The number of nitrogens with one attached hydrogen (secondary N) is 1. The molecule has 0 unspecified atom stereocenters. The van der Waals surface area contributed by atoms with Crippen molar-refractivity contribution in [2.24, 2.45) is 12.0 Å². The number of anilines is 2. The van der Waals surface area contributed by atoms with Gasteiger partial charge in [0.1, 0.15) is 11.5 Å². The van der Waals surface area contributed by atoms with E-state index in [1.807, 2.05) is 25.3 Å². The van der Waals surface area contributed by atoms with Crippen LogP contribution in [0.25, 0.3) is 11.0 Å². The van der Waals surface area contributed by atoms with Crippen molar-refractivity contribution in [3.63, 3.8) is 0 Å². The van der Waals surface area contributed by atoms with Crippen molar-refractivity contribution in [3.05, 3.63) is 24.3 Å². The first-order valence-corrected chi connectivity index (χ1v) is 8.83. The van der Waals surface area contributed by atoms with Gasteiger partial charge in [-0.2, -0.15) is 5.10 Å². The van der Waals surface area contributed by atoms with Crippen molar-refractivity contribution in [2.75, 3.05) is 29.9 Å².